The average Bonchev–Trinajstić information content (AvgIpc) is 2.64. The molecular formula is C19H16FN3O3. The minimum absolute atomic E-state index is 0.256. The number of hydrogen-bond acceptors (Lipinski definition) is 4. The highest BCUT2D eigenvalue weighted by Crippen LogP contribution is 2.23. The molecule has 3 rings (SSSR count). The van der Waals surface area contributed by atoms with Crippen LogP contribution >= 0.6 is 0 Å². The molecule has 0 saturated carbocycles. The molecular weight excluding hydrogens is 337 g/mol. The van der Waals surface area contributed by atoms with Crippen LogP contribution in [0, 0.1) is 5.82 Å². The molecule has 3 aromatic rings. The summed E-state index contributed by atoms with van der Waals surface area (Å²) in [5.41, 5.74) is 0.553. The topological polar surface area (TPSA) is 73.2 Å². The lowest BCUT2D eigenvalue weighted by Gasteiger charge is -2.11. The highest BCUT2D eigenvalue weighted by molar-refractivity contribution is 5.92. The Bertz CT molecular complexity index is 1000. The van der Waals surface area contributed by atoms with Crippen molar-refractivity contribution in [2.45, 2.75) is 6.54 Å². The molecule has 0 atom stereocenters. The first-order valence-electron chi connectivity index (χ1n) is 7.84. The number of methoxy groups -OCH3 is 1. The highest BCUT2D eigenvalue weighted by atomic mass is 19.1. The molecule has 1 aromatic heterocycles. The van der Waals surface area contributed by atoms with Crippen LogP contribution < -0.4 is 15.6 Å². The zero-order chi connectivity index (χ0) is 18.5. The Hall–Kier alpha value is -3.48. The number of aromatic nitrogens is 2. The molecule has 1 N–H and O–H groups in total. The third kappa shape index (κ3) is 3.77. The fourth-order valence-electron chi connectivity index (χ4n) is 2.45. The third-order valence-corrected chi connectivity index (χ3v) is 3.69. The van der Waals surface area contributed by atoms with E-state index in [1.807, 2.05) is 0 Å². The van der Waals surface area contributed by atoms with E-state index in [-0.39, 0.29) is 17.8 Å². The van der Waals surface area contributed by atoms with Gasteiger partial charge in [0.15, 0.2) is 0 Å². The van der Waals surface area contributed by atoms with E-state index in [1.54, 1.807) is 42.5 Å². The molecule has 2 aromatic carbocycles. The number of nitrogens with one attached hydrogen (secondary N) is 1. The van der Waals surface area contributed by atoms with E-state index in [4.69, 9.17) is 4.74 Å². The summed E-state index contributed by atoms with van der Waals surface area (Å²) in [6.45, 7) is -0.306. The van der Waals surface area contributed by atoms with Gasteiger partial charge in [-0.15, -0.1) is 0 Å². The number of halogens is 1. The maximum atomic E-state index is 13.9. The molecule has 0 spiro atoms. The van der Waals surface area contributed by atoms with Gasteiger partial charge < -0.3 is 10.1 Å². The summed E-state index contributed by atoms with van der Waals surface area (Å²) < 4.78 is 20.1. The van der Waals surface area contributed by atoms with Crippen molar-refractivity contribution in [1.29, 1.82) is 0 Å². The van der Waals surface area contributed by atoms with E-state index in [0.717, 1.165) is 4.68 Å². The third-order valence-electron chi connectivity index (χ3n) is 3.69. The monoisotopic (exact) mass is 353 g/mol. The number of carbonyl (C=O) groups is 1. The standard InChI is InChI=1S/C19H16FN3O3/c1-26-17-9-5-4-8-16(17)21-18(24)12-23-19(25)11-10-15(22-23)13-6-2-3-7-14(13)20/h2-11H,12H2,1H3,(H,21,24). The van der Waals surface area contributed by atoms with E-state index in [0.29, 0.717) is 11.4 Å². The Kier molecular flexibility index (Phi) is 5.07. The van der Waals surface area contributed by atoms with Crippen molar-refractivity contribution in [3.63, 3.8) is 0 Å². The van der Waals surface area contributed by atoms with Gasteiger partial charge in [0, 0.05) is 11.6 Å². The predicted molar refractivity (Wildman–Crippen MR) is 95.5 cm³/mol. The molecule has 0 saturated heterocycles. The minimum atomic E-state index is -0.458. The van der Waals surface area contributed by atoms with Gasteiger partial charge in [-0.05, 0) is 30.3 Å². The van der Waals surface area contributed by atoms with Crippen LogP contribution in [0.15, 0.2) is 65.5 Å². The number of amides is 1. The van der Waals surface area contributed by atoms with Crippen molar-refractivity contribution < 1.29 is 13.9 Å². The van der Waals surface area contributed by atoms with Crippen LogP contribution in [0.1, 0.15) is 0 Å². The number of nitrogens with zero attached hydrogens (tertiary/aromatic N) is 2. The maximum absolute atomic E-state index is 13.9. The van der Waals surface area contributed by atoms with E-state index in [1.165, 1.54) is 25.3 Å². The summed E-state index contributed by atoms with van der Waals surface area (Å²) in [4.78, 5) is 24.3. The molecule has 0 aliphatic carbocycles. The number of benzene rings is 2. The van der Waals surface area contributed by atoms with Gasteiger partial charge in [0.05, 0.1) is 18.5 Å². The Morgan fingerprint density at radius 1 is 1.12 bits per heavy atom. The zero-order valence-electron chi connectivity index (χ0n) is 14.0. The second-order valence-electron chi connectivity index (χ2n) is 5.44. The van der Waals surface area contributed by atoms with Gasteiger partial charge in [0.25, 0.3) is 5.56 Å². The van der Waals surface area contributed by atoms with Crippen LogP contribution in [0.2, 0.25) is 0 Å². The molecule has 0 aliphatic heterocycles. The Balaban J connectivity index is 1.83. The quantitative estimate of drug-likeness (QED) is 0.765. The largest absolute Gasteiger partial charge is 0.495 e. The number of rotatable bonds is 5. The fraction of sp³-hybridized carbons (Fsp3) is 0.105. The molecule has 132 valence electrons. The van der Waals surface area contributed by atoms with Gasteiger partial charge >= 0.3 is 0 Å². The van der Waals surface area contributed by atoms with Crippen LogP contribution in [0.3, 0.4) is 0 Å². The van der Waals surface area contributed by atoms with Gasteiger partial charge in [-0.1, -0.05) is 24.3 Å². The molecule has 0 radical (unpaired) electrons. The lowest BCUT2D eigenvalue weighted by molar-refractivity contribution is -0.117. The van der Waals surface area contributed by atoms with E-state index in [2.05, 4.69) is 10.4 Å². The molecule has 0 aliphatic rings. The van der Waals surface area contributed by atoms with Crippen LogP contribution in [0.4, 0.5) is 10.1 Å². The Labute approximate surface area is 148 Å². The molecule has 1 heterocycles. The smallest absolute Gasteiger partial charge is 0.267 e. The molecule has 0 bridgehead atoms. The normalized spacial score (nSPS) is 10.4. The Morgan fingerprint density at radius 3 is 2.62 bits per heavy atom. The molecule has 1 amide bonds. The first-order valence-corrected chi connectivity index (χ1v) is 7.84. The fourth-order valence-corrected chi connectivity index (χ4v) is 2.45. The van der Waals surface area contributed by atoms with E-state index < -0.39 is 17.3 Å². The molecule has 0 fully saturated rings. The second-order valence-corrected chi connectivity index (χ2v) is 5.44. The van der Waals surface area contributed by atoms with Crippen LogP contribution in [0.5, 0.6) is 5.75 Å². The number of ether oxygens (including phenoxy) is 1. The van der Waals surface area contributed by atoms with E-state index >= 15 is 0 Å². The Morgan fingerprint density at radius 2 is 1.85 bits per heavy atom. The van der Waals surface area contributed by atoms with Crippen molar-refractivity contribution in [2.24, 2.45) is 0 Å². The first kappa shape index (κ1) is 17.3. The molecule has 0 unspecified atom stereocenters. The number of hydrogen-bond donors (Lipinski definition) is 1. The lowest BCUT2D eigenvalue weighted by atomic mass is 10.1. The van der Waals surface area contributed by atoms with Crippen LogP contribution in [-0.2, 0) is 11.3 Å². The van der Waals surface area contributed by atoms with Gasteiger partial charge in [0.2, 0.25) is 5.91 Å². The second kappa shape index (κ2) is 7.60. The highest BCUT2D eigenvalue weighted by Gasteiger charge is 2.12. The summed E-state index contributed by atoms with van der Waals surface area (Å²) >= 11 is 0. The zero-order valence-corrected chi connectivity index (χ0v) is 14.0. The summed E-state index contributed by atoms with van der Waals surface area (Å²) in [7, 11) is 1.49. The van der Waals surface area contributed by atoms with Gasteiger partial charge in [-0.3, -0.25) is 9.59 Å². The SMILES string of the molecule is COc1ccccc1NC(=O)Cn1nc(-c2ccccc2F)ccc1=O. The van der Waals surface area contributed by atoms with E-state index in [9.17, 15) is 14.0 Å². The molecule has 26 heavy (non-hydrogen) atoms. The summed E-state index contributed by atoms with van der Waals surface area (Å²) in [5.74, 6) is -0.403. The lowest BCUT2D eigenvalue weighted by Crippen LogP contribution is -2.29. The van der Waals surface area contributed by atoms with Gasteiger partial charge in [-0.2, -0.15) is 5.10 Å². The number of carbonyl (C=O) groups excluding carboxylic acids is 1. The number of anilines is 1. The van der Waals surface area contributed by atoms with Crippen molar-refractivity contribution in [1.82, 2.24) is 9.78 Å². The predicted octanol–water partition coefficient (Wildman–Crippen LogP) is 2.70. The molecule has 7 heteroatoms. The van der Waals surface area contributed by atoms with Crippen molar-refractivity contribution in [3.8, 4) is 17.0 Å². The maximum Gasteiger partial charge on any atom is 0.267 e. The first-order chi connectivity index (χ1) is 12.6. The number of para-hydroxylation sites is 2. The van der Waals surface area contributed by atoms with Crippen molar-refractivity contribution in [3.05, 3.63) is 76.8 Å². The van der Waals surface area contributed by atoms with Crippen LogP contribution in [-0.4, -0.2) is 22.8 Å². The summed E-state index contributed by atoms with van der Waals surface area (Å²) in [6.07, 6.45) is 0. The van der Waals surface area contributed by atoms with Crippen molar-refractivity contribution in [2.75, 3.05) is 12.4 Å². The summed E-state index contributed by atoms with van der Waals surface area (Å²) in [6, 6.07) is 15.7. The van der Waals surface area contributed by atoms with Gasteiger partial charge in [0.1, 0.15) is 18.1 Å². The van der Waals surface area contributed by atoms with Crippen LogP contribution in [0.25, 0.3) is 11.3 Å². The average molecular weight is 353 g/mol. The van der Waals surface area contributed by atoms with Crippen molar-refractivity contribution >= 4 is 11.6 Å². The summed E-state index contributed by atoms with van der Waals surface area (Å²) in [5, 5.41) is 6.77. The van der Waals surface area contributed by atoms with Gasteiger partial charge in [-0.25, -0.2) is 9.07 Å². The molecule has 6 nitrogen and oxygen atoms in total. The minimum Gasteiger partial charge on any atom is -0.495 e.